The summed E-state index contributed by atoms with van der Waals surface area (Å²) < 4.78 is 35.3. The van der Waals surface area contributed by atoms with Crippen molar-refractivity contribution in [2.75, 3.05) is 10.7 Å². The molecule has 0 fully saturated rings. The number of carbonyl (C=O) groups excluding carboxylic acids is 1. The molecule has 0 radical (unpaired) electrons. The van der Waals surface area contributed by atoms with Crippen LogP contribution >= 0.6 is 35.0 Å². The predicted octanol–water partition coefficient (Wildman–Crippen LogP) is 5.88. The number of nitrogens with one attached hydrogen (secondary N) is 3. The van der Waals surface area contributed by atoms with Crippen LogP contribution < -0.4 is 25.3 Å². The molecule has 4 aromatic carbocycles. The third kappa shape index (κ3) is 6.97. The molecule has 3 N–H and O–H groups in total. The zero-order valence-corrected chi connectivity index (χ0v) is 24.5. The van der Waals surface area contributed by atoms with Gasteiger partial charge < -0.3 is 9.57 Å². The number of benzene rings is 4. The molecule has 0 spiro atoms. The van der Waals surface area contributed by atoms with Gasteiger partial charge in [0, 0.05) is 9.92 Å². The van der Waals surface area contributed by atoms with E-state index >= 15 is 0 Å². The molecule has 5 rings (SSSR count). The number of para-hydroxylation sites is 2. The number of carbonyl (C=O) groups is 1. The number of thioether (sulfide) groups is 1. The van der Waals surface area contributed by atoms with Gasteiger partial charge in [-0.15, -0.1) is 0 Å². The van der Waals surface area contributed by atoms with E-state index in [1.165, 1.54) is 18.2 Å². The number of hydrogen-bond donors (Lipinski definition) is 3. The van der Waals surface area contributed by atoms with Gasteiger partial charge in [-0.2, -0.15) is 5.48 Å². The first-order valence-corrected chi connectivity index (χ1v) is 15.3. The smallest absolute Gasteiger partial charge is 0.285 e. The van der Waals surface area contributed by atoms with Crippen molar-refractivity contribution in [3.05, 3.63) is 117 Å². The van der Waals surface area contributed by atoms with Crippen molar-refractivity contribution in [3.63, 3.8) is 0 Å². The van der Waals surface area contributed by atoms with Crippen LogP contribution in [0, 0.1) is 0 Å². The van der Waals surface area contributed by atoms with Gasteiger partial charge in [-0.05, 0) is 60.7 Å². The highest BCUT2D eigenvalue weighted by Gasteiger charge is 2.25. The number of hydroxylamine groups is 1. The molecule has 1 amide bonds. The normalized spacial score (nSPS) is 11.2. The van der Waals surface area contributed by atoms with Gasteiger partial charge in [0.1, 0.15) is 16.6 Å². The van der Waals surface area contributed by atoms with E-state index in [1.807, 2.05) is 6.07 Å². The van der Waals surface area contributed by atoms with E-state index in [9.17, 15) is 18.0 Å². The second kappa shape index (κ2) is 12.7. The lowest BCUT2D eigenvalue weighted by atomic mass is 10.2. The van der Waals surface area contributed by atoms with Crippen LogP contribution in [-0.4, -0.2) is 30.2 Å². The number of aromatic amines is 1. The maximum atomic E-state index is 13.7. The minimum absolute atomic E-state index is 0.0269. The number of ether oxygens (including phenoxy) is 1. The summed E-state index contributed by atoms with van der Waals surface area (Å²) in [5, 5.41) is 0.733. The summed E-state index contributed by atoms with van der Waals surface area (Å²) in [6.45, 7) is 0. The Balaban J connectivity index is 1.46. The van der Waals surface area contributed by atoms with E-state index in [1.54, 1.807) is 60.7 Å². The largest absolute Gasteiger partial charge is 0.483 e. The lowest BCUT2D eigenvalue weighted by molar-refractivity contribution is 0.0760. The SMILES string of the molecule is O=C(NOc1ccc(Cl)cc1)c1cc(S(=O)(=O)Nc2nc3ccccc3c(=O)[nH]2)c(SCOc2ccccc2)cc1Cl. The van der Waals surface area contributed by atoms with Gasteiger partial charge in [0.05, 0.1) is 21.5 Å². The van der Waals surface area contributed by atoms with E-state index in [0.717, 1.165) is 17.8 Å². The number of amides is 1. The van der Waals surface area contributed by atoms with Crippen molar-refractivity contribution in [2.45, 2.75) is 9.79 Å². The van der Waals surface area contributed by atoms with Gasteiger partial charge in [0.25, 0.3) is 21.5 Å². The fourth-order valence-electron chi connectivity index (χ4n) is 3.69. The molecule has 1 heterocycles. The van der Waals surface area contributed by atoms with Gasteiger partial charge in [-0.3, -0.25) is 14.6 Å². The Labute approximate surface area is 254 Å². The second-order valence-electron chi connectivity index (χ2n) is 8.52. The molecule has 0 aliphatic carbocycles. The quantitative estimate of drug-likeness (QED) is 0.0974. The minimum atomic E-state index is -4.42. The average Bonchev–Trinajstić information content (AvgIpc) is 2.97. The Morgan fingerprint density at radius 2 is 1.64 bits per heavy atom. The zero-order chi connectivity index (χ0) is 29.7. The third-order valence-electron chi connectivity index (χ3n) is 5.67. The molecular weight excluding hydrogens is 623 g/mol. The summed E-state index contributed by atoms with van der Waals surface area (Å²) in [7, 11) is -4.42. The number of anilines is 1. The molecule has 5 aromatic rings. The Bertz CT molecular complexity index is 1920. The van der Waals surface area contributed by atoms with Crippen LogP contribution in [0.4, 0.5) is 5.95 Å². The lowest BCUT2D eigenvalue weighted by Gasteiger charge is -2.15. The van der Waals surface area contributed by atoms with Gasteiger partial charge in [0.15, 0.2) is 5.75 Å². The van der Waals surface area contributed by atoms with Crippen LogP contribution in [0.15, 0.2) is 106 Å². The molecule has 214 valence electrons. The molecule has 0 saturated carbocycles. The van der Waals surface area contributed by atoms with E-state index in [4.69, 9.17) is 32.8 Å². The number of H-pyrrole nitrogens is 1. The molecule has 0 aliphatic heterocycles. The van der Waals surface area contributed by atoms with Crippen LogP contribution in [0.5, 0.6) is 11.5 Å². The summed E-state index contributed by atoms with van der Waals surface area (Å²) in [6.07, 6.45) is 0. The van der Waals surface area contributed by atoms with E-state index in [2.05, 4.69) is 20.2 Å². The Hall–Kier alpha value is -4.23. The first kappa shape index (κ1) is 29.3. The Morgan fingerprint density at radius 3 is 2.40 bits per heavy atom. The van der Waals surface area contributed by atoms with Crippen LogP contribution in [0.2, 0.25) is 10.0 Å². The second-order valence-corrected chi connectivity index (χ2v) is 12.0. The van der Waals surface area contributed by atoms with Crippen molar-refractivity contribution >= 4 is 67.7 Å². The highest BCUT2D eigenvalue weighted by Crippen LogP contribution is 2.33. The summed E-state index contributed by atoms with van der Waals surface area (Å²) in [4.78, 5) is 37.3. The van der Waals surface area contributed by atoms with Crippen molar-refractivity contribution in [1.29, 1.82) is 0 Å². The summed E-state index contributed by atoms with van der Waals surface area (Å²) in [5.41, 5.74) is 1.83. The van der Waals surface area contributed by atoms with Gasteiger partial charge >= 0.3 is 0 Å². The molecule has 10 nitrogen and oxygen atoms in total. The lowest BCUT2D eigenvalue weighted by Crippen LogP contribution is -2.28. The van der Waals surface area contributed by atoms with Gasteiger partial charge in [-0.1, -0.05) is 65.3 Å². The summed E-state index contributed by atoms with van der Waals surface area (Å²) >= 11 is 13.3. The van der Waals surface area contributed by atoms with E-state index in [-0.39, 0.29) is 38.0 Å². The monoisotopic (exact) mass is 642 g/mol. The summed E-state index contributed by atoms with van der Waals surface area (Å²) in [5.74, 6) is -0.219. The van der Waals surface area contributed by atoms with Gasteiger partial charge in [-0.25, -0.2) is 18.1 Å². The first-order valence-electron chi connectivity index (χ1n) is 12.1. The first-order chi connectivity index (χ1) is 20.2. The standard InChI is InChI=1S/C28H20Cl2N4O6S2/c29-17-10-12-19(13-11-17)40-33-27(36)21-14-25(24(15-22(21)30)41-16-39-18-6-2-1-3-7-18)42(37,38)34-28-31-23-9-5-4-8-20(23)26(35)32-28/h1-15H,16H2,(H,33,36)(H2,31,32,34,35). The maximum absolute atomic E-state index is 13.7. The molecule has 1 aromatic heterocycles. The molecule has 0 saturated heterocycles. The highest BCUT2D eigenvalue weighted by molar-refractivity contribution is 8.00. The van der Waals surface area contributed by atoms with E-state index in [0.29, 0.717) is 21.7 Å². The van der Waals surface area contributed by atoms with Crippen LogP contribution in [0.3, 0.4) is 0 Å². The molecule has 42 heavy (non-hydrogen) atoms. The minimum Gasteiger partial charge on any atom is -0.483 e. The molecule has 0 bridgehead atoms. The maximum Gasteiger partial charge on any atom is 0.285 e. The number of hydrogen-bond acceptors (Lipinski definition) is 8. The van der Waals surface area contributed by atoms with Crippen molar-refractivity contribution in [1.82, 2.24) is 15.4 Å². The number of aromatic nitrogens is 2. The van der Waals surface area contributed by atoms with Crippen LogP contribution in [-0.2, 0) is 10.0 Å². The van der Waals surface area contributed by atoms with Crippen molar-refractivity contribution in [2.24, 2.45) is 0 Å². The number of halogens is 2. The van der Waals surface area contributed by atoms with E-state index < -0.39 is 21.5 Å². The Kier molecular flexibility index (Phi) is 8.88. The molecule has 0 unspecified atom stereocenters. The summed E-state index contributed by atoms with van der Waals surface area (Å²) in [6, 6.07) is 24.1. The molecule has 0 aliphatic rings. The predicted molar refractivity (Wildman–Crippen MR) is 162 cm³/mol. The van der Waals surface area contributed by atoms with Crippen LogP contribution in [0.25, 0.3) is 10.9 Å². The van der Waals surface area contributed by atoms with Crippen LogP contribution in [0.1, 0.15) is 10.4 Å². The number of sulfonamides is 1. The third-order valence-corrected chi connectivity index (χ3v) is 8.63. The number of nitrogens with zero attached hydrogens (tertiary/aromatic N) is 1. The highest BCUT2D eigenvalue weighted by atomic mass is 35.5. The fraction of sp³-hybridized carbons (Fsp3) is 0.0357. The van der Waals surface area contributed by atoms with Crippen molar-refractivity contribution < 1.29 is 22.8 Å². The molecular formula is C28H20Cl2N4O6S2. The van der Waals surface area contributed by atoms with Gasteiger partial charge in [0.2, 0.25) is 5.95 Å². The fourth-order valence-corrected chi connectivity index (χ4v) is 6.42. The topological polar surface area (TPSA) is 139 Å². The zero-order valence-electron chi connectivity index (χ0n) is 21.3. The molecule has 0 atom stereocenters. The Morgan fingerprint density at radius 1 is 0.929 bits per heavy atom. The van der Waals surface area contributed by atoms with Crippen molar-refractivity contribution in [3.8, 4) is 11.5 Å². The number of rotatable bonds is 10. The average molecular weight is 644 g/mol. The molecule has 14 heteroatoms. The number of fused-ring (bicyclic) bond motifs is 1.